The molecule has 0 saturated heterocycles. The Morgan fingerprint density at radius 3 is 2.79 bits per heavy atom. The van der Waals surface area contributed by atoms with E-state index in [1.54, 1.807) is 12.1 Å². The molecule has 0 amide bonds. The Bertz CT molecular complexity index is 442. The molecule has 0 aliphatic carbocycles. The van der Waals surface area contributed by atoms with Crippen LogP contribution in [0.1, 0.15) is 5.56 Å². The Morgan fingerprint density at radius 1 is 1.36 bits per heavy atom. The SMILES string of the molecule is CSN1Cc2ccccc2S(=O)(=O)C1. The number of hydrogen-bond acceptors (Lipinski definition) is 4. The molecule has 0 N–H and O–H groups in total. The molecule has 1 aliphatic heterocycles. The summed E-state index contributed by atoms with van der Waals surface area (Å²) in [6, 6.07) is 7.20. The Hall–Kier alpha value is -0.520. The average molecular weight is 229 g/mol. The molecule has 0 atom stereocenters. The first kappa shape index (κ1) is 10.0. The first-order valence-corrected chi connectivity index (χ1v) is 7.06. The van der Waals surface area contributed by atoms with Crippen molar-refractivity contribution in [3.63, 3.8) is 0 Å². The molecule has 3 nitrogen and oxygen atoms in total. The summed E-state index contributed by atoms with van der Waals surface area (Å²) in [4.78, 5) is 0.491. The Morgan fingerprint density at radius 2 is 2.07 bits per heavy atom. The molecule has 76 valence electrons. The fraction of sp³-hybridized carbons (Fsp3) is 0.333. The van der Waals surface area contributed by atoms with Crippen molar-refractivity contribution in [1.82, 2.24) is 4.31 Å². The van der Waals surface area contributed by atoms with Crippen molar-refractivity contribution in [2.24, 2.45) is 0 Å². The number of sulfone groups is 1. The average Bonchev–Trinajstić information content (AvgIpc) is 2.17. The summed E-state index contributed by atoms with van der Waals surface area (Å²) < 4.78 is 25.4. The third kappa shape index (κ3) is 1.67. The summed E-state index contributed by atoms with van der Waals surface area (Å²) in [5.41, 5.74) is 0.896. The second kappa shape index (κ2) is 3.56. The van der Waals surface area contributed by atoms with Gasteiger partial charge in [0.2, 0.25) is 0 Å². The molecule has 14 heavy (non-hydrogen) atoms. The van der Waals surface area contributed by atoms with Crippen LogP contribution in [0.3, 0.4) is 0 Å². The maximum Gasteiger partial charge on any atom is 0.192 e. The highest BCUT2D eigenvalue weighted by atomic mass is 32.2. The minimum atomic E-state index is -3.10. The molecule has 0 aromatic heterocycles. The molecule has 1 aromatic carbocycles. The zero-order valence-corrected chi connectivity index (χ0v) is 9.44. The van der Waals surface area contributed by atoms with Crippen LogP contribution >= 0.6 is 11.9 Å². The Labute approximate surface area is 88.2 Å². The number of hydrogen-bond donors (Lipinski definition) is 0. The third-order valence-corrected chi connectivity index (χ3v) is 4.88. The first-order valence-electron chi connectivity index (χ1n) is 4.23. The third-order valence-electron chi connectivity index (χ3n) is 2.23. The molecule has 0 spiro atoms. The number of nitrogens with zero attached hydrogens (tertiary/aromatic N) is 1. The molecule has 0 bridgehead atoms. The highest BCUT2D eigenvalue weighted by molar-refractivity contribution is 7.98. The van der Waals surface area contributed by atoms with Crippen molar-refractivity contribution in [2.45, 2.75) is 11.4 Å². The first-order chi connectivity index (χ1) is 6.63. The van der Waals surface area contributed by atoms with Crippen LogP contribution in [-0.2, 0) is 16.4 Å². The lowest BCUT2D eigenvalue weighted by Crippen LogP contribution is -2.29. The van der Waals surface area contributed by atoms with Crippen LogP contribution in [0.2, 0.25) is 0 Å². The molecule has 2 rings (SSSR count). The van der Waals surface area contributed by atoms with Crippen LogP contribution in [0, 0.1) is 0 Å². The Balaban J connectivity index is 2.53. The molecule has 1 aromatic rings. The molecule has 1 heterocycles. The molecule has 1 aliphatic rings. The van der Waals surface area contributed by atoms with Crippen molar-refractivity contribution in [3.8, 4) is 0 Å². The molecular weight excluding hydrogens is 218 g/mol. The van der Waals surface area contributed by atoms with Crippen LogP contribution in [0.5, 0.6) is 0 Å². The van der Waals surface area contributed by atoms with Crippen LogP contribution in [0.15, 0.2) is 29.2 Å². The van der Waals surface area contributed by atoms with Crippen molar-refractivity contribution in [1.29, 1.82) is 0 Å². The predicted molar refractivity (Wildman–Crippen MR) is 57.6 cm³/mol. The molecule has 0 saturated carbocycles. The van der Waals surface area contributed by atoms with Gasteiger partial charge in [-0.05, 0) is 17.9 Å². The minimum absolute atomic E-state index is 0.116. The molecule has 0 unspecified atom stereocenters. The van der Waals surface area contributed by atoms with Crippen molar-refractivity contribution < 1.29 is 8.42 Å². The van der Waals surface area contributed by atoms with E-state index in [4.69, 9.17) is 0 Å². The van der Waals surface area contributed by atoms with Gasteiger partial charge in [-0.2, -0.15) is 0 Å². The molecular formula is C9H11NO2S2. The largest absolute Gasteiger partial charge is 0.231 e. The maximum atomic E-state index is 11.8. The molecule has 0 fully saturated rings. The van der Waals surface area contributed by atoms with E-state index in [1.807, 2.05) is 22.7 Å². The fourth-order valence-electron chi connectivity index (χ4n) is 1.55. The van der Waals surface area contributed by atoms with Crippen molar-refractivity contribution in [3.05, 3.63) is 29.8 Å². The maximum absolute atomic E-state index is 11.8. The van der Waals surface area contributed by atoms with E-state index in [9.17, 15) is 8.42 Å². The van der Waals surface area contributed by atoms with Gasteiger partial charge in [0.15, 0.2) is 9.84 Å². The second-order valence-corrected chi connectivity index (χ2v) is 5.98. The van der Waals surface area contributed by atoms with Crippen molar-refractivity contribution in [2.75, 3.05) is 12.1 Å². The smallest absolute Gasteiger partial charge is 0.192 e. The zero-order chi connectivity index (χ0) is 10.2. The van der Waals surface area contributed by atoms with Gasteiger partial charge in [0.05, 0.1) is 4.90 Å². The van der Waals surface area contributed by atoms with Crippen LogP contribution in [0.4, 0.5) is 0 Å². The fourth-order valence-corrected chi connectivity index (χ4v) is 4.08. The number of rotatable bonds is 1. The van der Waals surface area contributed by atoms with E-state index >= 15 is 0 Å². The summed E-state index contributed by atoms with van der Waals surface area (Å²) in [6.07, 6.45) is 1.89. The normalized spacial score (nSPS) is 20.4. The lowest BCUT2D eigenvalue weighted by Gasteiger charge is -2.25. The summed E-state index contributed by atoms with van der Waals surface area (Å²) >= 11 is 1.47. The summed E-state index contributed by atoms with van der Waals surface area (Å²) in [5.74, 6) is 0.116. The van der Waals surface area contributed by atoms with Gasteiger partial charge in [-0.1, -0.05) is 30.1 Å². The summed E-state index contributed by atoms with van der Waals surface area (Å²) in [5, 5.41) is 0. The van der Waals surface area contributed by atoms with Crippen LogP contribution < -0.4 is 0 Å². The van der Waals surface area contributed by atoms with Gasteiger partial charge in [0.1, 0.15) is 5.88 Å². The lowest BCUT2D eigenvalue weighted by atomic mass is 10.2. The standard InChI is InChI=1S/C9H11NO2S2/c1-13-10-6-8-4-2-3-5-9(8)14(11,12)7-10/h2-5H,6-7H2,1H3. The number of fused-ring (bicyclic) bond motifs is 1. The van der Waals surface area contributed by atoms with E-state index in [1.165, 1.54) is 11.9 Å². The van der Waals surface area contributed by atoms with Crippen LogP contribution in [0.25, 0.3) is 0 Å². The topological polar surface area (TPSA) is 37.4 Å². The van der Waals surface area contributed by atoms with E-state index in [0.29, 0.717) is 11.4 Å². The van der Waals surface area contributed by atoms with Gasteiger partial charge in [0, 0.05) is 6.54 Å². The molecule has 0 radical (unpaired) electrons. The highest BCUT2D eigenvalue weighted by Crippen LogP contribution is 2.27. The van der Waals surface area contributed by atoms with E-state index in [2.05, 4.69) is 0 Å². The van der Waals surface area contributed by atoms with Crippen molar-refractivity contribution >= 4 is 21.8 Å². The van der Waals surface area contributed by atoms with Crippen LogP contribution in [-0.4, -0.2) is 24.9 Å². The van der Waals surface area contributed by atoms with E-state index in [-0.39, 0.29) is 5.88 Å². The van der Waals surface area contributed by atoms with E-state index in [0.717, 1.165) is 5.56 Å². The number of benzene rings is 1. The second-order valence-electron chi connectivity index (χ2n) is 3.17. The van der Waals surface area contributed by atoms with E-state index < -0.39 is 9.84 Å². The van der Waals surface area contributed by atoms with Gasteiger partial charge in [-0.25, -0.2) is 12.7 Å². The minimum Gasteiger partial charge on any atom is -0.231 e. The lowest BCUT2D eigenvalue weighted by molar-refractivity contribution is 0.489. The predicted octanol–water partition coefficient (Wildman–Crippen LogP) is 1.51. The Kier molecular flexibility index (Phi) is 2.55. The van der Waals surface area contributed by atoms with Gasteiger partial charge in [-0.15, -0.1) is 0 Å². The quantitative estimate of drug-likeness (QED) is 0.684. The zero-order valence-electron chi connectivity index (χ0n) is 7.80. The monoisotopic (exact) mass is 229 g/mol. The molecule has 5 heteroatoms. The summed E-state index contributed by atoms with van der Waals surface area (Å²) in [6.45, 7) is 0.705. The van der Waals surface area contributed by atoms with Gasteiger partial charge in [-0.3, -0.25) is 0 Å². The van der Waals surface area contributed by atoms with Gasteiger partial charge < -0.3 is 0 Å². The highest BCUT2D eigenvalue weighted by Gasteiger charge is 2.27. The van der Waals surface area contributed by atoms with Gasteiger partial charge in [0.25, 0.3) is 0 Å². The summed E-state index contributed by atoms with van der Waals surface area (Å²) in [7, 11) is -3.10. The van der Waals surface area contributed by atoms with Gasteiger partial charge >= 0.3 is 0 Å².